The fraction of sp³-hybridized carbons (Fsp3) is 0.273. The molecule has 5 rings (SSSR count). The van der Waals surface area contributed by atoms with Crippen LogP contribution in [0.25, 0.3) is 0 Å². The van der Waals surface area contributed by atoms with Crippen molar-refractivity contribution in [2.24, 2.45) is 0 Å². The van der Waals surface area contributed by atoms with Crippen LogP contribution in [0.4, 0.5) is 23.1 Å². The molecule has 0 saturated heterocycles. The van der Waals surface area contributed by atoms with Gasteiger partial charge in [-0.05, 0) is 36.0 Å². The number of aromatic nitrogens is 2. The van der Waals surface area contributed by atoms with Gasteiger partial charge in [-0.3, -0.25) is 0 Å². The van der Waals surface area contributed by atoms with Crippen molar-refractivity contribution in [3.8, 4) is 0 Å². The third-order valence-corrected chi connectivity index (χ3v) is 5.82. The van der Waals surface area contributed by atoms with Gasteiger partial charge in [-0.15, -0.1) is 0 Å². The normalized spacial score (nSPS) is 16.8. The summed E-state index contributed by atoms with van der Waals surface area (Å²) in [7, 11) is -1.49. The predicted octanol–water partition coefficient (Wildman–Crippen LogP) is 1.82. The number of anilines is 4. The lowest BCUT2D eigenvalue weighted by molar-refractivity contribution is 0.425. The fourth-order valence-electron chi connectivity index (χ4n) is 4.40. The van der Waals surface area contributed by atoms with Gasteiger partial charge in [-0.1, -0.05) is 42.5 Å². The molecule has 152 valence electrons. The lowest BCUT2D eigenvalue weighted by atomic mass is 9.76. The average molecular weight is 401 g/mol. The first kappa shape index (κ1) is 18.9. The molecule has 0 fully saturated rings. The Balaban J connectivity index is 1.52. The number of nitrogens with zero attached hydrogens (tertiary/aromatic N) is 3. The first-order valence-electron chi connectivity index (χ1n) is 10.3. The largest absolute Gasteiger partial charge is 0.488 e. The van der Waals surface area contributed by atoms with E-state index >= 15 is 0 Å². The van der Waals surface area contributed by atoms with E-state index in [9.17, 15) is 10.0 Å². The Hall–Kier alpha value is -3.10. The SMILES string of the molecule is CC1Cc2c(B(O)O)cccc2N1c1nc2c(c(NCc3ccccc3)n1)NCC2. The van der Waals surface area contributed by atoms with Gasteiger partial charge in [0, 0.05) is 31.2 Å². The Kier molecular flexibility index (Phi) is 4.80. The Morgan fingerprint density at radius 3 is 2.77 bits per heavy atom. The van der Waals surface area contributed by atoms with Crippen molar-refractivity contribution in [3.05, 3.63) is 65.4 Å². The van der Waals surface area contributed by atoms with E-state index in [0.29, 0.717) is 24.4 Å². The van der Waals surface area contributed by atoms with Crippen LogP contribution in [0, 0.1) is 0 Å². The van der Waals surface area contributed by atoms with Crippen molar-refractivity contribution < 1.29 is 10.0 Å². The lowest BCUT2D eigenvalue weighted by Crippen LogP contribution is -2.32. The monoisotopic (exact) mass is 401 g/mol. The van der Waals surface area contributed by atoms with Gasteiger partial charge in [0.25, 0.3) is 0 Å². The summed E-state index contributed by atoms with van der Waals surface area (Å²) in [5.41, 5.74) is 5.60. The molecule has 3 aromatic rings. The van der Waals surface area contributed by atoms with Crippen LogP contribution in [0.2, 0.25) is 0 Å². The number of benzene rings is 2. The van der Waals surface area contributed by atoms with Crippen LogP contribution in [0.1, 0.15) is 23.7 Å². The molecule has 1 atom stereocenters. The van der Waals surface area contributed by atoms with Crippen LogP contribution in [0.15, 0.2) is 48.5 Å². The quantitative estimate of drug-likeness (QED) is 0.485. The number of nitrogens with one attached hydrogen (secondary N) is 2. The highest BCUT2D eigenvalue weighted by Crippen LogP contribution is 2.38. The molecular formula is C22H24BN5O2. The van der Waals surface area contributed by atoms with Crippen molar-refractivity contribution in [2.45, 2.75) is 32.4 Å². The zero-order valence-corrected chi connectivity index (χ0v) is 16.8. The molecule has 2 aliphatic rings. The van der Waals surface area contributed by atoms with Gasteiger partial charge >= 0.3 is 7.12 Å². The van der Waals surface area contributed by atoms with Crippen LogP contribution in [0.3, 0.4) is 0 Å². The molecule has 0 aliphatic carbocycles. The molecular weight excluding hydrogens is 377 g/mol. The van der Waals surface area contributed by atoms with Gasteiger partial charge in [0.15, 0.2) is 5.82 Å². The number of fused-ring (bicyclic) bond motifs is 2. The van der Waals surface area contributed by atoms with E-state index in [2.05, 4.69) is 34.6 Å². The van der Waals surface area contributed by atoms with E-state index in [1.165, 1.54) is 5.56 Å². The van der Waals surface area contributed by atoms with E-state index in [-0.39, 0.29) is 6.04 Å². The van der Waals surface area contributed by atoms with Gasteiger partial charge in [-0.25, -0.2) is 4.98 Å². The molecule has 3 heterocycles. The molecule has 2 aromatic carbocycles. The first-order valence-corrected chi connectivity index (χ1v) is 10.3. The minimum Gasteiger partial charge on any atom is -0.423 e. The van der Waals surface area contributed by atoms with Gasteiger partial charge in [0.05, 0.1) is 11.4 Å². The lowest BCUT2D eigenvalue weighted by Gasteiger charge is -2.24. The topological polar surface area (TPSA) is 93.5 Å². The number of rotatable bonds is 5. The van der Waals surface area contributed by atoms with Crippen LogP contribution < -0.4 is 21.0 Å². The molecule has 30 heavy (non-hydrogen) atoms. The van der Waals surface area contributed by atoms with Crippen molar-refractivity contribution in [2.75, 3.05) is 22.1 Å². The van der Waals surface area contributed by atoms with Gasteiger partial charge < -0.3 is 25.6 Å². The highest BCUT2D eigenvalue weighted by atomic mass is 16.4. The second kappa shape index (κ2) is 7.62. The molecule has 1 unspecified atom stereocenters. The maximum absolute atomic E-state index is 9.77. The summed E-state index contributed by atoms with van der Waals surface area (Å²) >= 11 is 0. The summed E-state index contributed by atoms with van der Waals surface area (Å²) in [6.45, 7) is 3.64. The van der Waals surface area contributed by atoms with E-state index in [4.69, 9.17) is 9.97 Å². The zero-order chi connectivity index (χ0) is 20.7. The zero-order valence-electron chi connectivity index (χ0n) is 16.8. The Bertz CT molecular complexity index is 1080. The summed E-state index contributed by atoms with van der Waals surface area (Å²) in [5.74, 6) is 1.44. The standard InChI is InChI=1S/C22H24BN5O2/c1-14-12-16-17(23(29)30)8-5-9-19(16)28(14)22-26-18-10-11-24-20(18)21(27-22)25-13-15-6-3-2-4-7-15/h2-9,14,24,29-30H,10-13H2,1H3,(H,25,26,27). The second-order valence-corrected chi connectivity index (χ2v) is 7.85. The fourth-order valence-corrected chi connectivity index (χ4v) is 4.40. The average Bonchev–Trinajstić information content (AvgIpc) is 3.35. The molecule has 8 heteroatoms. The highest BCUT2D eigenvalue weighted by molar-refractivity contribution is 6.59. The van der Waals surface area contributed by atoms with Crippen LogP contribution in [-0.2, 0) is 19.4 Å². The molecule has 0 bridgehead atoms. The molecule has 0 saturated carbocycles. The molecule has 1 aromatic heterocycles. The van der Waals surface area contributed by atoms with Crippen molar-refractivity contribution in [3.63, 3.8) is 0 Å². The molecule has 0 radical (unpaired) electrons. The van der Waals surface area contributed by atoms with Crippen molar-refractivity contribution >= 4 is 35.7 Å². The molecule has 0 amide bonds. The maximum atomic E-state index is 9.77. The predicted molar refractivity (Wildman–Crippen MR) is 120 cm³/mol. The van der Waals surface area contributed by atoms with Crippen LogP contribution in [-0.4, -0.2) is 39.7 Å². The summed E-state index contributed by atoms with van der Waals surface area (Å²) in [5, 5.41) is 26.4. The molecule has 0 spiro atoms. The van der Waals surface area contributed by atoms with Gasteiger partial charge in [0.1, 0.15) is 0 Å². The van der Waals surface area contributed by atoms with E-state index in [1.807, 2.05) is 30.3 Å². The van der Waals surface area contributed by atoms with Crippen LogP contribution in [0.5, 0.6) is 0 Å². The minimum atomic E-state index is -1.49. The highest BCUT2D eigenvalue weighted by Gasteiger charge is 2.34. The number of hydrogen-bond donors (Lipinski definition) is 4. The molecule has 2 aliphatic heterocycles. The summed E-state index contributed by atoms with van der Waals surface area (Å²) in [6, 6.07) is 16.0. The van der Waals surface area contributed by atoms with E-state index in [1.54, 1.807) is 6.07 Å². The summed E-state index contributed by atoms with van der Waals surface area (Å²) in [4.78, 5) is 11.8. The summed E-state index contributed by atoms with van der Waals surface area (Å²) < 4.78 is 0. The summed E-state index contributed by atoms with van der Waals surface area (Å²) in [6.07, 6.45) is 1.57. The van der Waals surface area contributed by atoms with Crippen molar-refractivity contribution in [1.29, 1.82) is 0 Å². The smallest absolute Gasteiger partial charge is 0.423 e. The number of hydrogen-bond acceptors (Lipinski definition) is 7. The van der Waals surface area contributed by atoms with Crippen LogP contribution >= 0.6 is 0 Å². The molecule has 4 N–H and O–H groups in total. The second-order valence-electron chi connectivity index (χ2n) is 7.85. The third kappa shape index (κ3) is 3.28. The Morgan fingerprint density at radius 2 is 1.97 bits per heavy atom. The Morgan fingerprint density at radius 1 is 1.13 bits per heavy atom. The maximum Gasteiger partial charge on any atom is 0.488 e. The van der Waals surface area contributed by atoms with Crippen molar-refractivity contribution in [1.82, 2.24) is 9.97 Å². The third-order valence-electron chi connectivity index (χ3n) is 5.82. The molecule has 7 nitrogen and oxygen atoms in total. The van der Waals surface area contributed by atoms with E-state index < -0.39 is 7.12 Å². The van der Waals surface area contributed by atoms with E-state index in [0.717, 1.165) is 41.4 Å². The Labute approximate surface area is 176 Å². The minimum absolute atomic E-state index is 0.120. The van der Waals surface area contributed by atoms with Gasteiger partial charge in [0.2, 0.25) is 5.95 Å². The van der Waals surface area contributed by atoms with Gasteiger partial charge in [-0.2, -0.15) is 4.98 Å². The first-order chi connectivity index (χ1) is 14.6.